The van der Waals surface area contributed by atoms with E-state index in [4.69, 9.17) is 19.9 Å². The molecule has 0 fully saturated rings. The van der Waals surface area contributed by atoms with E-state index in [1.807, 2.05) is 26.0 Å². The van der Waals surface area contributed by atoms with Gasteiger partial charge in [-0.1, -0.05) is 0 Å². The number of rotatable bonds is 5. The molecule has 0 aliphatic carbocycles. The molecule has 1 rings (SSSR count). The van der Waals surface area contributed by atoms with Crippen LogP contribution in [-0.2, 0) is 16.9 Å². The fourth-order valence-electron chi connectivity index (χ4n) is 1.74. The molecule has 0 radical (unpaired) electrons. The predicted molar refractivity (Wildman–Crippen MR) is 67.5 cm³/mol. The van der Waals surface area contributed by atoms with Crippen LogP contribution in [0.5, 0.6) is 11.5 Å². The Labute approximate surface area is 103 Å². The lowest BCUT2D eigenvalue weighted by atomic mass is 9.92. The van der Waals surface area contributed by atoms with Crippen LogP contribution in [0.1, 0.15) is 25.0 Å². The Bertz CT molecular complexity index is 383. The number of benzene rings is 1. The first-order valence-corrected chi connectivity index (χ1v) is 5.47. The minimum absolute atomic E-state index is 0.472. The number of nitrogens with two attached hydrogens (primary N) is 1. The van der Waals surface area contributed by atoms with Gasteiger partial charge in [0.05, 0.1) is 20.8 Å². The van der Waals surface area contributed by atoms with Gasteiger partial charge in [0.1, 0.15) is 11.5 Å². The van der Waals surface area contributed by atoms with Gasteiger partial charge < -0.3 is 19.9 Å². The maximum atomic E-state index is 6.13. The molecule has 0 unspecified atom stereocenters. The summed E-state index contributed by atoms with van der Waals surface area (Å²) in [5.41, 5.74) is 7.56. The largest absolute Gasteiger partial charge is 0.496 e. The first-order valence-electron chi connectivity index (χ1n) is 5.47. The Hall–Kier alpha value is -1.26. The molecule has 4 nitrogen and oxygen atoms in total. The highest BCUT2D eigenvalue weighted by Gasteiger charge is 2.22. The molecule has 1 aromatic rings. The quantitative estimate of drug-likeness (QED) is 0.854. The van der Waals surface area contributed by atoms with Gasteiger partial charge in [-0.15, -0.1) is 0 Å². The van der Waals surface area contributed by atoms with Gasteiger partial charge in [0.2, 0.25) is 0 Å². The average Bonchev–Trinajstić information content (AvgIpc) is 2.27. The van der Waals surface area contributed by atoms with E-state index in [1.165, 1.54) is 0 Å². The highest BCUT2D eigenvalue weighted by Crippen LogP contribution is 2.34. The topological polar surface area (TPSA) is 53.7 Å². The molecule has 0 heterocycles. The molecule has 2 N–H and O–H groups in total. The normalized spacial score (nSPS) is 11.4. The zero-order valence-electron chi connectivity index (χ0n) is 11.2. The molecule has 96 valence electrons. The molecule has 0 aliphatic rings. The zero-order chi connectivity index (χ0) is 13.1. The van der Waals surface area contributed by atoms with Gasteiger partial charge in [-0.2, -0.15) is 0 Å². The fraction of sp³-hybridized carbons (Fsp3) is 0.538. The number of hydrogen-bond donors (Lipinski definition) is 1. The molecular formula is C13H21NO3. The van der Waals surface area contributed by atoms with Crippen LogP contribution in [0, 0.1) is 0 Å². The zero-order valence-corrected chi connectivity index (χ0v) is 11.2. The third kappa shape index (κ3) is 3.11. The van der Waals surface area contributed by atoms with Crippen molar-refractivity contribution in [1.82, 2.24) is 0 Å². The highest BCUT2D eigenvalue weighted by molar-refractivity contribution is 5.49. The van der Waals surface area contributed by atoms with Crippen molar-refractivity contribution >= 4 is 0 Å². The molecule has 17 heavy (non-hydrogen) atoms. The van der Waals surface area contributed by atoms with Crippen LogP contribution >= 0.6 is 0 Å². The maximum absolute atomic E-state index is 6.13. The van der Waals surface area contributed by atoms with Crippen LogP contribution in [0.25, 0.3) is 0 Å². The minimum Gasteiger partial charge on any atom is -0.496 e. The summed E-state index contributed by atoms with van der Waals surface area (Å²) in [6.45, 7) is 4.36. The number of methoxy groups -OCH3 is 3. The van der Waals surface area contributed by atoms with E-state index < -0.39 is 5.54 Å². The Balaban J connectivity index is 3.34. The Kier molecular flexibility index (Phi) is 4.37. The Morgan fingerprint density at radius 2 is 1.65 bits per heavy atom. The number of hydrogen-bond acceptors (Lipinski definition) is 4. The van der Waals surface area contributed by atoms with Gasteiger partial charge in [0.25, 0.3) is 0 Å². The van der Waals surface area contributed by atoms with E-state index in [2.05, 4.69) is 0 Å². The predicted octanol–water partition coefficient (Wildman–Crippen LogP) is 2.04. The van der Waals surface area contributed by atoms with Crippen LogP contribution < -0.4 is 15.2 Å². The van der Waals surface area contributed by atoms with Crippen molar-refractivity contribution < 1.29 is 14.2 Å². The highest BCUT2D eigenvalue weighted by atomic mass is 16.5. The third-order valence-corrected chi connectivity index (χ3v) is 2.60. The summed E-state index contributed by atoms with van der Waals surface area (Å²) in [7, 11) is 4.90. The second kappa shape index (κ2) is 5.38. The van der Waals surface area contributed by atoms with Gasteiger partial charge in [-0.25, -0.2) is 0 Å². The van der Waals surface area contributed by atoms with E-state index in [9.17, 15) is 0 Å². The molecular weight excluding hydrogens is 218 g/mol. The molecule has 0 bridgehead atoms. The van der Waals surface area contributed by atoms with Gasteiger partial charge in [-0.05, 0) is 19.9 Å². The Morgan fingerprint density at radius 1 is 1.06 bits per heavy atom. The van der Waals surface area contributed by atoms with E-state index in [-0.39, 0.29) is 0 Å². The first kappa shape index (κ1) is 13.8. The SMILES string of the molecule is COCc1cc(C(C)(C)N)c(OC)cc1OC. The van der Waals surface area contributed by atoms with Crippen LogP contribution in [0.15, 0.2) is 12.1 Å². The molecule has 0 aromatic heterocycles. The molecule has 0 amide bonds. The van der Waals surface area contributed by atoms with Crippen LogP contribution in [0.3, 0.4) is 0 Å². The summed E-state index contributed by atoms with van der Waals surface area (Å²) in [6, 6.07) is 3.82. The molecule has 1 aromatic carbocycles. The summed E-state index contributed by atoms with van der Waals surface area (Å²) < 4.78 is 15.8. The molecule has 0 spiro atoms. The first-order chi connectivity index (χ1) is 7.93. The summed E-state index contributed by atoms with van der Waals surface area (Å²) in [4.78, 5) is 0. The van der Waals surface area contributed by atoms with Gasteiger partial charge in [0, 0.05) is 29.8 Å². The standard InChI is InChI=1S/C13H21NO3/c1-13(2,14)10-6-9(8-15-3)11(16-4)7-12(10)17-5/h6-7H,8,14H2,1-5H3. The van der Waals surface area contributed by atoms with Crippen LogP contribution in [0.2, 0.25) is 0 Å². The van der Waals surface area contributed by atoms with Crippen molar-refractivity contribution in [1.29, 1.82) is 0 Å². The number of ether oxygens (including phenoxy) is 3. The van der Waals surface area contributed by atoms with E-state index in [0.717, 1.165) is 22.6 Å². The van der Waals surface area contributed by atoms with Gasteiger partial charge in [-0.3, -0.25) is 0 Å². The monoisotopic (exact) mass is 239 g/mol. The average molecular weight is 239 g/mol. The summed E-state index contributed by atoms with van der Waals surface area (Å²) >= 11 is 0. The molecule has 4 heteroatoms. The second-order valence-corrected chi connectivity index (χ2v) is 4.52. The van der Waals surface area contributed by atoms with Crippen molar-refractivity contribution in [3.05, 3.63) is 23.3 Å². The van der Waals surface area contributed by atoms with E-state index >= 15 is 0 Å². The van der Waals surface area contributed by atoms with E-state index in [0.29, 0.717) is 6.61 Å². The van der Waals surface area contributed by atoms with Gasteiger partial charge in [0.15, 0.2) is 0 Å². The van der Waals surface area contributed by atoms with E-state index in [1.54, 1.807) is 21.3 Å². The molecule has 0 saturated carbocycles. The summed E-state index contributed by atoms with van der Waals surface area (Å²) in [5.74, 6) is 1.48. The lowest BCUT2D eigenvalue weighted by molar-refractivity contribution is 0.181. The second-order valence-electron chi connectivity index (χ2n) is 4.52. The van der Waals surface area contributed by atoms with Crippen molar-refractivity contribution in [3.8, 4) is 11.5 Å². The lowest BCUT2D eigenvalue weighted by Gasteiger charge is -2.24. The smallest absolute Gasteiger partial charge is 0.128 e. The van der Waals surface area contributed by atoms with Crippen molar-refractivity contribution in [2.75, 3.05) is 21.3 Å². The molecule has 0 atom stereocenters. The third-order valence-electron chi connectivity index (χ3n) is 2.60. The molecule has 0 aliphatic heterocycles. The summed E-state index contributed by atoms with van der Waals surface area (Å²) in [6.07, 6.45) is 0. The summed E-state index contributed by atoms with van der Waals surface area (Å²) in [5, 5.41) is 0. The van der Waals surface area contributed by atoms with Crippen molar-refractivity contribution in [3.63, 3.8) is 0 Å². The van der Waals surface area contributed by atoms with Crippen molar-refractivity contribution in [2.24, 2.45) is 5.73 Å². The molecule has 0 saturated heterocycles. The minimum atomic E-state index is -0.472. The maximum Gasteiger partial charge on any atom is 0.128 e. The Morgan fingerprint density at radius 3 is 2.06 bits per heavy atom. The van der Waals surface area contributed by atoms with Crippen molar-refractivity contribution in [2.45, 2.75) is 26.0 Å². The van der Waals surface area contributed by atoms with Gasteiger partial charge >= 0.3 is 0 Å². The fourth-order valence-corrected chi connectivity index (χ4v) is 1.74. The van der Waals surface area contributed by atoms with Crippen LogP contribution in [-0.4, -0.2) is 21.3 Å². The van der Waals surface area contributed by atoms with Crippen LogP contribution in [0.4, 0.5) is 0 Å². The lowest BCUT2D eigenvalue weighted by Crippen LogP contribution is -2.29.